The first-order valence-corrected chi connectivity index (χ1v) is 5.17. The molecule has 14 heavy (non-hydrogen) atoms. The van der Waals surface area contributed by atoms with Crippen molar-refractivity contribution in [1.82, 2.24) is 0 Å². The maximum atomic E-state index is 6.12. The molecule has 1 aromatic carbocycles. The molecule has 1 aliphatic heterocycles. The molecule has 76 valence electrons. The number of benzene rings is 1. The number of fused-ring (bicyclic) bond motifs is 1. The van der Waals surface area contributed by atoms with E-state index in [0.717, 1.165) is 10.6 Å². The molecule has 1 aromatic rings. The van der Waals surface area contributed by atoms with Gasteiger partial charge >= 0.3 is 0 Å². The van der Waals surface area contributed by atoms with E-state index < -0.39 is 0 Å². The Hall–Kier alpha value is -0.570. The van der Waals surface area contributed by atoms with Gasteiger partial charge in [0, 0.05) is 23.0 Å². The molecule has 0 saturated heterocycles. The number of nitrogens with two attached hydrogens (primary N) is 1. The van der Waals surface area contributed by atoms with E-state index in [4.69, 9.17) is 22.1 Å². The number of aryl methyl sites for hydroxylation is 1. The molecule has 0 bridgehead atoms. The van der Waals surface area contributed by atoms with Crippen LogP contribution in [0.15, 0.2) is 12.1 Å². The molecule has 0 saturated carbocycles. The van der Waals surface area contributed by atoms with Gasteiger partial charge in [0.25, 0.3) is 0 Å². The Labute approximate surface area is 89.0 Å². The zero-order valence-corrected chi connectivity index (χ0v) is 8.97. The summed E-state index contributed by atoms with van der Waals surface area (Å²) in [6.07, 6.45) is 0. The third-order valence-electron chi connectivity index (χ3n) is 2.78. The van der Waals surface area contributed by atoms with Crippen LogP contribution in [-0.2, 0) is 11.3 Å². The Morgan fingerprint density at radius 1 is 1.57 bits per heavy atom. The standard InChI is InChI=1S/C11H14ClNO/c1-7-2-3-10(12)9-6-14-5-8(4-13)11(7)9/h2-3,8H,4-6,13H2,1H3. The fourth-order valence-electron chi connectivity index (χ4n) is 2.04. The molecule has 0 aliphatic carbocycles. The number of rotatable bonds is 1. The molecule has 3 heteroatoms. The molecule has 0 radical (unpaired) electrons. The minimum Gasteiger partial charge on any atom is -0.376 e. The van der Waals surface area contributed by atoms with Gasteiger partial charge in [0.2, 0.25) is 0 Å². The fraction of sp³-hybridized carbons (Fsp3) is 0.455. The largest absolute Gasteiger partial charge is 0.376 e. The lowest BCUT2D eigenvalue weighted by atomic mass is 9.89. The van der Waals surface area contributed by atoms with Gasteiger partial charge in [-0.25, -0.2) is 0 Å². The van der Waals surface area contributed by atoms with Gasteiger partial charge in [-0.2, -0.15) is 0 Å². The summed E-state index contributed by atoms with van der Waals surface area (Å²) in [5.41, 5.74) is 9.40. The Morgan fingerprint density at radius 3 is 3.07 bits per heavy atom. The summed E-state index contributed by atoms with van der Waals surface area (Å²) in [4.78, 5) is 0. The van der Waals surface area contributed by atoms with Gasteiger partial charge in [-0.3, -0.25) is 0 Å². The first-order chi connectivity index (χ1) is 6.74. The second kappa shape index (κ2) is 3.89. The minimum atomic E-state index is 0.303. The van der Waals surface area contributed by atoms with Crippen LogP contribution < -0.4 is 5.73 Å². The first kappa shape index (κ1) is 9.97. The maximum Gasteiger partial charge on any atom is 0.0734 e. The topological polar surface area (TPSA) is 35.2 Å². The predicted molar refractivity (Wildman–Crippen MR) is 57.6 cm³/mol. The van der Waals surface area contributed by atoms with Crippen molar-refractivity contribution < 1.29 is 4.74 Å². The minimum absolute atomic E-state index is 0.303. The summed E-state index contributed by atoms with van der Waals surface area (Å²) >= 11 is 6.12. The van der Waals surface area contributed by atoms with Gasteiger partial charge in [-0.05, 0) is 24.1 Å². The molecule has 2 N–H and O–H groups in total. The van der Waals surface area contributed by atoms with Crippen molar-refractivity contribution >= 4 is 11.6 Å². The van der Waals surface area contributed by atoms with Gasteiger partial charge in [-0.1, -0.05) is 17.7 Å². The summed E-state index contributed by atoms with van der Waals surface area (Å²) in [6.45, 7) is 4.05. The van der Waals surface area contributed by atoms with E-state index in [0.29, 0.717) is 25.7 Å². The Bertz CT molecular complexity index is 351. The second-order valence-corrected chi connectivity index (χ2v) is 4.11. The maximum absolute atomic E-state index is 6.12. The van der Waals surface area contributed by atoms with Crippen LogP contribution >= 0.6 is 11.6 Å². The lowest BCUT2D eigenvalue weighted by molar-refractivity contribution is 0.0926. The van der Waals surface area contributed by atoms with Crippen LogP contribution in [-0.4, -0.2) is 13.2 Å². The fourth-order valence-corrected chi connectivity index (χ4v) is 2.26. The van der Waals surface area contributed by atoms with Crippen molar-refractivity contribution in [2.24, 2.45) is 5.73 Å². The highest BCUT2D eigenvalue weighted by molar-refractivity contribution is 6.31. The highest BCUT2D eigenvalue weighted by atomic mass is 35.5. The zero-order chi connectivity index (χ0) is 10.1. The molecule has 0 fully saturated rings. The van der Waals surface area contributed by atoms with Gasteiger partial charge in [-0.15, -0.1) is 0 Å². The molecular formula is C11H14ClNO. The number of hydrogen-bond acceptors (Lipinski definition) is 2. The molecule has 1 unspecified atom stereocenters. The average molecular weight is 212 g/mol. The van der Waals surface area contributed by atoms with E-state index in [-0.39, 0.29) is 0 Å². The smallest absolute Gasteiger partial charge is 0.0734 e. The number of halogens is 1. The molecule has 2 rings (SSSR count). The van der Waals surface area contributed by atoms with Crippen molar-refractivity contribution in [3.63, 3.8) is 0 Å². The van der Waals surface area contributed by atoms with Crippen LogP contribution in [0.4, 0.5) is 0 Å². The molecule has 1 heterocycles. The van der Waals surface area contributed by atoms with Crippen molar-refractivity contribution in [1.29, 1.82) is 0 Å². The molecule has 2 nitrogen and oxygen atoms in total. The molecule has 1 atom stereocenters. The van der Waals surface area contributed by atoms with Crippen molar-refractivity contribution in [2.75, 3.05) is 13.2 Å². The number of hydrogen-bond donors (Lipinski definition) is 1. The highest BCUT2D eigenvalue weighted by Gasteiger charge is 2.23. The van der Waals surface area contributed by atoms with E-state index in [9.17, 15) is 0 Å². The normalized spacial score (nSPS) is 20.6. The lowest BCUT2D eigenvalue weighted by Gasteiger charge is -2.27. The SMILES string of the molecule is Cc1ccc(Cl)c2c1C(CN)COC2. The monoisotopic (exact) mass is 211 g/mol. The highest BCUT2D eigenvalue weighted by Crippen LogP contribution is 2.33. The van der Waals surface area contributed by atoms with Gasteiger partial charge in [0.05, 0.1) is 13.2 Å². The quantitative estimate of drug-likeness (QED) is 0.773. The van der Waals surface area contributed by atoms with Gasteiger partial charge in [0.1, 0.15) is 0 Å². The van der Waals surface area contributed by atoms with E-state index in [1.54, 1.807) is 0 Å². The van der Waals surface area contributed by atoms with Crippen LogP contribution in [0.5, 0.6) is 0 Å². The molecule has 0 aromatic heterocycles. The molecule has 0 amide bonds. The summed E-state index contributed by atoms with van der Waals surface area (Å²) in [7, 11) is 0. The van der Waals surface area contributed by atoms with Crippen LogP contribution in [0, 0.1) is 6.92 Å². The first-order valence-electron chi connectivity index (χ1n) is 4.79. The second-order valence-electron chi connectivity index (χ2n) is 3.70. The Balaban J connectivity index is 2.55. The van der Waals surface area contributed by atoms with Crippen LogP contribution in [0.1, 0.15) is 22.6 Å². The Kier molecular flexibility index (Phi) is 2.77. The summed E-state index contributed by atoms with van der Waals surface area (Å²) in [6, 6.07) is 3.98. The van der Waals surface area contributed by atoms with Crippen LogP contribution in [0.2, 0.25) is 5.02 Å². The third kappa shape index (κ3) is 1.54. The van der Waals surface area contributed by atoms with Crippen molar-refractivity contribution in [2.45, 2.75) is 19.4 Å². The molecular weight excluding hydrogens is 198 g/mol. The van der Waals surface area contributed by atoms with Crippen molar-refractivity contribution in [3.8, 4) is 0 Å². The van der Waals surface area contributed by atoms with Crippen LogP contribution in [0.3, 0.4) is 0 Å². The van der Waals surface area contributed by atoms with E-state index in [1.165, 1.54) is 11.1 Å². The van der Waals surface area contributed by atoms with Crippen molar-refractivity contribution in [3.05, 3.63) is 33.8 Å². The Morgan fingerprint density at radius 2 is 2.36 bits per heavy atom. The van der Waals surface area contributed by atoms with E-state index in [2.05, 4.69) is 13.0 Å². The molecule has 1 aliphatic rings. The van der Waals surface area contributed by atoms with Gasteiger partial charge < -0.3 is 10.5 Å². The van der Waals surface area contributed by atoms with E-state index in [1.807, 2.05) is 6.07 Å². The van der Waals surface area contributed by atoms with Gasteiger partial charge in [0.15, 0.2) is 0 Å². The zero-order valence-electron chi connectivity index (χ0n) is 8.22. The van der Waals surface area contributed by atoms with E-state index >= 15 is 0 Å². The summed E-state index contributed by atoms with van der Waals surface area (Å²) in [5, 5.41) is 0.795. The average Bonchev–Trinajstić information content (AvgIpc) is 2.23. The molecule has 0 spiro atoms. The van der Waals surface area contributed by atoms with Crippen LogP contribution in [0.25, 0.3) is 0 Å². The third-order valence-corrected chi connectivity index (χ3v) is 3.13. The summed E-state index contributed by atoms with van der Waals surface area (Å²) in [5.74, 6) is 0.303. The summed E-state index contributed by atoms with van der Waals surface area (Å²) < 4.78 is 5.47. The predicted octanol–water partition coefficient (Wildman–Crippen LogP) is 2.22. The lowest BCUT2D eigenvalue weighted by Crippen LogP contribution is -2.24. The number of ether oxygens (including phenoxy) is 1.